The zero-order chi connectivity index (χ0) is 19.7. The maximum absolute atomic E-state index is 11.9. The van der Waals surface area contributed by atoms with Crippen LogP contribution < -0.4 is 10.1 Å². The van der Waals surface area contributed by atoms with Gasteiger partial charge in [0.05, 0.1) is 5.60 Å². The van der Waals surface area contributed by atoms with Crippen LogP contribution >= 0.6 is 0 Å². The van der Waals surface area contributed by atoms with Gasteiger partial charge in [-0.2, -0.15) is 0 Å². The van der Waals surface area contributed by atoms with Crippen LogP contribution in [0.1, 0.15) is 43.2 Å². The van der Waals surface area contributed by atoms with E-state index in [4.69, 9.17) is 9.47 Å². The van der Waals surface area contributed by atoms with Gasteiger partial charge in [-0.3, -0.25) is 0 Å². The number of rotatable bonds is 10. The summed E-state index contributed by atoms with van der Waals surface area (Å²) in [4.78, 5) is 0. The van der Waals surface area contributed by atoms with Crippen molar-refractivity contribution in [3.63, 3.8) is 0 Å². The Morgan fingerprint density at radius 3 is 2.61 bits per heavy atom. The van der Waals surface area contributed by atoms with E-state index in [1.165, 1.54) is 0 Å². The lowest BCUT2D eigenvalue weighted by atomic mass is 9.74. The fourth-order valence-corrected chi connectivity index (χ4v) is 4.14. The molecule has 4 heteroatoms. The van der Waals surface area contributed by atoms with Gasteiger partial charge in [0, 0.05) is 31.7 Å². The third-order valence-electron chi connectivity index (χ3n) is 5.72. The highest BCUT2D eigenvalue weighted by molar-refractivity contribution is 5.39. The van der Waals surface area contributed by atoms with Crippen LogP contribution in [0.2, 0.25) is 0 Å². The Balaban J connectivity index is 1.81. The molecule has 0 bridgehead atoms. The van der Waals surface area contributed by atoms with E-state index in [2.05, 4.69) is 17.4 Å². The summed E-state index contributed by atoms with van der Waals surface area (Å²) >= 11 is 0. The number of benzene rings is 2. The van der Waals surface area contributed by atoms with E-state index in [0.717, 1.165) is 62.3 Å². The highest BCUT2D eigenvalue weighted by atomic mass is 16.5. The van der Waals surface area contributed by atoms with Gasteiger partial charge in [-0.1, -0.05) is 48.5 Å². The topological polar surface area (TPSA) is 50.7 Å². The molecule has 0 aromatic heterocycles. The van der Waals surface area contributed by atoms with Gasteiger partial charge in [-0.25, -0.2) is 0 Å². The van der Waals surface area contributed by atoms with E-state index >= 15 is 0 Å². The minimum Gasteiger partial charge on any atom is -0.489 e. The maximum Gasteiger partial charge on any atom is 0.125 e. The molecule has 0 aliphatic carbocycles. The second kappa shape index (κ2) is 10.6. The van der Waals surface area contributed by atoms with Crippen molar-refractivity contribution in [1.82, 2.24) is 5.32 Å². The molecule has 2 unspecified atom stereocenters. The average Bonchev–Trinajstić information content (AvgIpc) is 2.77. The normalized spacial score (nSPS) is 19.1. The van der Waals surface area contributed by atoms with Crippen molar-refractivity contribution >= 4 is 0 Å². The first kappa shape index (κ1) is 20.8. The van der Waals surface area contributed by atoms with Crippen LogP contribution in [-0.2, 0) is 16.9 Å². The molecule has 0 saturated carbocycles. The van der Waals surface area contributed by atoms with Gasteiger partial charge in [0.2, 0.25) is 0 Å². The van der Waals surface area contributed by atoms with Gasteiger partial charge in [-0.15, -0.1) is 0 Å². The molecule has 1 saturated heterocycles. The van der Waals surface area contributed by atoms with E-state index in [-0.39, 0.29) is 5.92 Å². The molecule has 3 rings (SSSR count). The number of hydrogen-bond donors (Lipinski definition) is 2. The number of nitrogens with one attached hydrogen (secondary N) is 1. The Labute approximate surface area is 168 Å². The van der Waals surface area contributed by atoms with Crippen LogP contribution in [0.15, 0.2) is 54.6 Å². The molecule has 28 heavy (non-hydrogen) atoms. The summed E-state index contributed by atoms with van der Waals surface area (Å²) in [7, 11) is 1.73. The summed E-state index contributed by atoms with van der Waals surface area (Å²) in [6, 6.07) is 18.2. The third kappa shape index (κ3) is 5.34. The Kier molecular flexibility index (Phi) is 7.90. The van der Waals surface area contributed by atoms with Crippen LogP contribution in [0.4, 0.5) is 0 Å². The van der Waals surface area contributed by atoms with Gasteiger partial charge < -0.3 is 19.9 Å². The average molecular weight is 384 g/mol. The summed E-state index contributed by atoms with van der Waals surface area (Å²) in [5, 5.41) is 15.4. The maximum atomic E-state index is 11.9. The lowest BCUT2D eigenvalue weighted by Crippen LogP contribution is -2.44. The molecule has 1 heterocycles. The first-order chi connectivity index (χ1) is 13.7. The molecule has 0 amide bonds. The summed E-state index contributed by atoms with van der Waals surface area (Å²) < 4.78 is 11.4. The quantitative estimate of drug-likeness (QED) is 0.602. The number of aliphatic hydroxyl groups is 1. The number of piperidine rings is 1. The van der Waals surface area contributed by atoms with Gasteiger partial charge >= 0.3 is 0 Å². The molecule has 0 spiro atoms. The van der Waals surface area contributed by atoms with Crippen LogP contribution in [0, 0.1) is 5.92 Å². The standard InChI is InChI=1S/C24H33NO3/c1-27-17-8-7-15-24(26,21-12-9-16-25-18-21)22-13-5-6-14-23(22)28-19-20-10-3-2-4-11-20/h2-6,10-11,13-14,21,25-26H,7-9,12,15-19H2,1H3. The molecule has 1 aliphatic heterocycles. The number of unbranched alkanes of at least 4 members (excludes halogenated alkanes) is 1. The lowest BCUT2D eigenvalue weighted by molar-refractivity contribution is -0.0454. The molecule has 2 aromatic carbocycles. The molecular weight excluding hydrogens is 350 g/mol. The fraction of sp³-hybridized carbons (Fsp3) is 0.500. The van der Waals surface area contributed by atoms with Gasteiger partial charge in [-0.05, 0) is 50.3 Å². The fourth-order valence-electron chi connectivity index (χ4n) is 4.14. The van der Waals surface area contributed by atoms with Crippen molar-refractivity contribution in [3.8, 4) is 5.75 Å². The number of para-hydroxylation sites is 1. The molecule has 2 atom stereocenters. The van der Waals surface area contributed by atoms with E-state index < -0.39 is 5.60 Å². The molecule has 1 aliphatic rings. The summed E-state index contributed by atoms with van der Waals surface area (Å²) in [5.41, 5.74) is 1.14. The Hall–Kier alpha value is -1.88. The predicted molar refractivity (Wildman–Crippen MR) is 112 cm³/mol. The lowest BCUT2D eigenvalue weighted by Gasteiger charge is -2.40. The van der Waals surface area contributed by atoms with Crippen molar-refractivity contribution in [1.29, 1.82) is 0 Å². The molecule has 152 valence electrons. The van der Waals surface area contributed by atoms with E-state index in [1.54, 1.807) is 7.11 Å². The molecular formula is C24H33NO3. The Morgan fingerprint density at radius 2 is 1.86 bits per heavy atom. The molecule has 4 nitrogen and oxygen atoms in total. The number of ether oxygens (including phenoxy) is 2. The zero-order valence-electron chi connectivity index (χ0n) is 16.9. The van der Waals surface area contributed by atoms with E-state index in [9.17, 15) is 5.11 Å². The van der Waals surface area contributed by atoms with Gasteiger partial charge in [0.1, 0.15) is 12.4 Å². The largest absolute Gasteiger partial charge is 0.489 e. The Bertz CT molecular complexity index is 700. The monoisotopic (exact) mass is 383 g/mol. The minimum atomic E-state index is -0.894. The highest BCUT2D eigenvalue weighted by Gasteiger charge is 2.40. The van der Waals surface area contributed by atoms with Crippen LogP contribution in [0.5, 0.6) is 5.75 Å². The number of methoxy groups -OCH3 is 1. The Morgan fingerprint density at radius 1 is 1.07 bits per heavy atom. The van der Waals surface area contributed by atoms with Gasteiger partial charge in [0.15, 0.2) is 0 Å². The molecule has 2 N–H and O–H groups in total. The third-order valence-corrected chi connectivity index (χ3v) is 5.72. The van der Waals surface area contributed by atoms with Crippen molar-refractivity contribution in [2.75, 3.05) is 26.8 Å². The predicted octanol–water partition coefficient (Wildman–Crippen LogP) is 4.27. The molecule has 1 fully saturated rings. The summed E-state index contributed by atoms with van der Waals surface area (Å²) in [6.07, 6.45) is 4.72. The first-order valence-corrected chi connectivity index (χ1v) is 10.4. The first-order valence-electron chi connectivity index (χ1n) is 10.4. The van der Waals surface area contributed by atoms with Crippen LogP contribution in [0.3, 0.4) is 0 Å². The van der Waals surface area contributed by atoms with E-state index in [1.807, 2.05) is 42.5 Å². The molecule has 0 radical (unpaired) electrons. The second-order valence-corrected chi connectivity index (χ2v) is 7.69. The van der Waals surface area contributed by atoms with E-state index in [0.29, 0.717) is 13.0 Å². The van der Waals surface area contributed by atoms with Gasteiger partial charge in [0.25, 0.3) is 0 Å². The summed E-state index contributed by atoms with van der Waals surface area (Å²) in [6.45, 7) is 3.10. The minimum absolute atomic E-state index is 0.185. The zero-order valence-corrected chi connectivity index (χ0v) is 16.9. The molecule has 2 aromatic rings. The summed E-state index contributed by atoms with van der Waals surface area (Å²) in [5.74, 6) is 0.969. The van der Waals surface area contributed by atoms with Crippen molar-refractivity contribution < 1.29 is 14.6 Å². The number of hydrogen-bond acceptors (Lipinski definition) is 4. The van der Waals surface area contributed by atoms with Crippen molar-refractivity contribution in [3.05, 3.63) is 65.7 Å². The van der Waals surface area contributed by atoms with Crippen LogP contribution in [-0.4, -0.2) is 31.9 Å². The highest BCUT2D eigenvalue weighted by Crippen LogP contribution is 2.42. The SMILES string of the molecule is COCCCCC(O)(c1ccccc1OCc1ccccc1)C1CCCNC1. The van der Waals surface area contributed by atoms with Crippen molar-refractivity contribution in [2.24, 2.45) is 5.92 Å². The second-order valence-electron chi connectivity index (χ2n) is 7.69. The smallest absolute Gasteiger partial charge is 0.125 e. The van der Waals surface area contributed by atoms with Crippen LogP contribution in [0.25, 0.3) is 0 Å². The van der Waals surface area contributed by atoms with Crippen molar-refractivity contribution in [2.45, 2.75) is 44.3 Å².